The molecule has 13 heavy (non-hydrogen) atoms. The fraction of sp³-hybridized carbons (Fsp3) is 0.100. The van der Waals surface area contributed by atoms with Crippen LogP contribution in [-0.2, 0) is 0 Å². The van der Waals surface area contributed by atoms with Gasteiger partial charge in [0.2, 0.25) is 0 Å². The van der Waals surface area contributed by atoms with Crippen molar-refractivity contribution in [2.75, 3.05) is 0 Å². The molecule has 66 valence electrons. The Bertz CT molecular complexity index is 367. The van der Waals surface area contributed by atoms with Crippen LogP contribution in [0.2, 0.25) is 0 Å². The number of halogens is 1. The highest BCUT2D eigenvalue weighted by atomic mass is 19.1. The van der Waals surface area contributed by atoms with Gasteiger partial charge in [0.05, 0.1) is 11.6 Å². The van der Waals surface area contributed by atoms with E-state index in [9.17, 15) is 4.39 Å². The molecule has 2 N–H and O–H groups in total. The highest BCUT2D eigenvalue weighted by molar-refractivity contribution is 5.65. The third kappa shape index (κ3) is 2.06. The highest BCUT2D eigenvalue weighted by Crippen LogP contribution is 2.16. The predicted molar refractivity (Wildman–Crippen MR) is 49.0 cm³/mol. The molecular weight excluding hydrogens is 167 g/mol. The molecule has 0 atom stereocenters. The van der Waals surface area contributed by atoms with Crippen molar-refractivity contribution in [1.82, 2.24) is 0 Å². The maximum Gasteiger partial charge on any atom is 0.188 e. The number of nitriles is 1. The molecule has 0 radical (unpaired) electrons. The Hall–Kier alpha value is -1.82. The van der Waals surface area contributed by atoms with Crippen molar-refractivity contribution in [3.8, 4) is 6.07 Å². The molecule has 0 bridgehead atoms. The first-order valence-corrected chi connectivity index (χ1v) is 3.77. The first-order chi connectivity index (χ1) is 6.15. The van der Waals surface area contributed by atoms with Crippen molar-refractivity contribution in [3.63, 3.8) is 0 Å². The number of benzene rings is 1. The standard InChI is InChI=1S/C10H9FN2/c1-7(10(11)13)9-4-2-8(6-12)3-5-9/h2-5H,13H2,1H3/b10-7-. The third-order valence-corrected chi connectivity index (χ3v) is 1.81. The molecule has 0 aromatic heterocycles. The van der Waals surface area contributed by atoms with Crippen molar-refractivity contribution in [2.45, 2.75) is 6.92 Å². The van der Waals surface area contributed by atoms with Crippen LogP contribution in [0.25, 0.3) is 5.57 Å². The Kier molecular flexibility index (Phi) is 2.65. The van der Waals surface area contributed by atoms with Gasteiger partial charge in [0.15, 0.2) is 5.95 Å². The van der Waals surface area contributed by atoms with Crippen LogP contribution >= 0.6 is 0 Å². The summed E-state index contributed by atoms with van der Waals surface area (Å²) < 4.78 is 12.6. The number of hydrogen-bond acceptors (Lipinski definition) is 2. The lowest BCUT2D eigenvalue weighted by Gasteiger charge is -2.00. The number of nitrogens with zero attached hydrogens (tertiary/aromatic N) is 1. The Labute approximate surface area is 76.1 Å². The van der Waals surface area contributed by atoms with Crippen LogP contribution in [-0.4, -0.2) is 0 Å². The molecule has 0 saturated carbocycles. The van der Waals surface area contributed by atoms with Crippen molar-refractivity contribution in [3.05, 3.63) is 41.3 Å². The summed E-state index contributed by atoms with van der Waals surface area (Å²) in [5, 5.41) is 8.52. The topological polar surface area (TPSA) is 49.8 Å². The normalized spacial score (nSPS) is 11.8. The zero-order chi connectivity index (χ0) is 9.84. The second kappa shape index (κ2) is 3.72. The van der Waals surface area contributed by atoms with Crippen LogP contribution in [0.5, 0.6) is 0 Å². The van der Waals surface area contributed by atoms with E-state index >= 15 is 0 Å². The smallest absolute Gasteiger partial charge is 0.188 e. The zero-order valence-electron chi connectivity index (χ0n) is 7.21. The molecule has 0 amide bonds. The van der Waals surface area contributed by atoms with Crippen LogP contribution < -0.4 is 5.73 Å². The maximum absolute atomic E-state index is 12.6. The molecule has 0 unspecified atom stereocenters. The van der Waals surface area contributed by atoms with Crippen LogP contribution in [0.1, 0.15) is 18.1 Å². The summed E-state index contributed by atoms with van der Waals surface area (Å²) in [6.07, 6.45) is 0. The Balaban J connectivity index is 3.08. The molecule has 2 nitrogen and oxygen atoms in total. The predicted octanol–water partition coefficient (Wildman–Crippen LogP) is 2.17. The van der Waals surface area contributed by atoms with Crippen molar-refractivity contribution in [2.24, 2.45) is 5.73 Å². The Morgan fingerprint density at radius 3 is 2.31 bits per heavy atom. The zero-order valence-corrected chi connectivity index (χ0v) is 7.21. The average molecular weight is 176 g/mol. The van der Waals surface area contributed by atoms with Crippen LogP contribution in [0.4, 0.5) is 4.39 Å². The van der Waals surface area contributed by atoms with Crippen LogP contribution in [0, 0.1) is 11.3 Å². The largest absolute Gasteiger partial charge is 0.375 e. The maximum atomic E-state index is 12.6. The summed E-state index contributed by atoms with van der Waals surface area (Å²) in [6.45, 7) is 1.59. The molecule has 0 heterocycles. The molecule has 0 fully saturated rings. The molecule has 1 aromatic rings. The summed E-state index contributed by atoms with van der Waals surface area (Å²) in [5.41, 5.74) is 6.62. The minimum absolute atomic E-state index is 0.393. The summed E-state index contributed by atoms with van der Waals surface area (Å²) in [7, 11) is 0. The van der Waals surface area contributed by atoms with Gasteiger partial charge in [-0.3, -0.25) is 0 Å². The third-order valence-electron chi connectivity index (χ3n) is 1.81. The van der Waals surface area contributed by atoms with Gasteiger partial charge in [-0.15, -0.1) is 0 Å². The lowest BCUT2D eigenvalue weighted by molar-refractivity contribution is 0.630. The van der Waals surface area contributed by atoms with Crippen molar-refractivity contribution in [1.29, 1.82) is 5.26 Å². The fourth-order valence-electron chi connectivity index (χ4n) is 0.933. The first-order valence-electron chi connectivity index (χ1n) is 3.77. The van der Waals surface area contributed by atoms with E-state index in [-0.39, 0.29) is 0 Å². The van der Waals surface area contributed by atoms with Gasteiger partial charge in [-0.05, 0) is 24.6 Å². The van der Waals surface area contributed by atoms with E-state index in [2.05, 4.69) is 0 Å². The minimum atomic E-state index is -0.690. The monoisotopic (exact) mass is 176 g/mol. The Morgan fingerprint density at radius 2 is 1.92 bits per heavy atom. The number of nitrogens with two attached hydrogens (primary N) is 1. The molecule has 3 heteroatoms. The van der Waals surface area contributed by atoms with Gasteiger partial charge in [-0.25, -0.2) is 0 Å². The summed E-state index contributed by atoms with van der Waals surface area (Å²) >= 11 is 0. The van der Waals surface area contributed by atoms with E-state index in [0.29, 0.717) is 16.7 Å². The lowest BCUT2D eigenvalue weighted by Crippen LogP contribution is -1.93. The number of hydrogen-bond donors (Lipinski definition) is 1. The molecule has 1 rings (SSSR count). The molecular formula is C10H9FN2. The van der Waals surface area contributed by atoms with E-state index in [1.165, 1.54) is 0 Å². The molecule has 1 aromatic carbocycles. The van der Waals surface area contributed by atoms with Crippen LogP contribution in [0.3, 0.4) is 0 Å². The SMILES string of the molecule is C/C(=C(/N)F)c1ccc(C#N)cc1. The molecule has 0 aliphatic carbocycles. The van der Waals surface area contributed by atoms with Crippen LogP contribution in [0.15, 0.2) is 30.2 Å². The minimum Gasteiger partial charge on any atom is -0.375 e. The van der Waals surface area contributed by atoms with Gasteiger partial charge in [0.25, 0.3) is 0 Å². The van der Waals surface area contributed by atoms with Gasteiger partial charge in [-0.1, -0.05) is 12.1 Å². The van der Waals surface area contributed by atoms with E-state index in [4.69, 9.17) is 11.0 Å². The van der Waals surface area contributed by atoms with Gasteiger partial charge in [0, 0.05) is 5.57 Å². The van der Waals surface area contributed by atoms with Gasteiger partial charge < -0.3 is 5.73 Å². The van der Waals surface area contributed by atoms with Gasteiger partial charge >= 0.3 is 0 Å². The van der Waals surface area contributed by atoms with Crippen molar-refractivity contribution < 1.29 is 4.39 Å². The summed E-state index contributed by atoms with van der Waals surface area (Å²) in [4.78, 5) is 0. The second-order valence-electron chi connectivity index (χ2n) is 2.66. The molecule has 0 spiro atoms. The van der Waals surface area contributed by atoms with Crippen molar-refractivity contribution >= 4 is 5.57 Å². The second-order valence-corrected chi connectivity index (χ2v) is 2.66. The van der Waals surface area contributed by atoms with E-state index in [1.807, 2.05) is 6.07 Å². The van der Waals surface area contributed by atoms with E-state index in [0.717, 1.165) is 0 Å². The summed E-state index contributed by atoms with van der Waals surface area (Å²) in [5.74, 6) is -0.690. The van der Waals surface area contributed by atoms with E-state index < -0.39 is 5.95 Å². The Morgan fingerprint density at radius 1 is 1.38 bits per heavy atom. The lowest BCUT2D eigenvalue weighted by atomic mass is 10.1. The van der Waals surface area contributed by atoms with Gasteiger partial charge in [0.1, 0.15) is 0 Å². The highest BCUT2D eigenvalue weighted by Gasteiger charge is 2.00. The molecule has 0 aliphatic rings. The van der Waals surface area contributed by atoms with E-state index in [1.54, 1.807) is 31.2 Å². The molecule has 0 saturated heterocycles. The quantitative estimate of drug-likeness (QED) is 0.666. The van der Waals surface area contributed by atoms with Gasteiger partial charge in [-0.2, -0.15) is 9.65 Å². The summed E-state index contributed by atoms with van der Waals surface area (Å²) in [6, 6.07) is 8.57. The first kappa shape index (κ1) is 9.27. The number of allylic oxidation sites excluding steroid dienone is 1. The number of rotatable bonds is 1. The fourth-order valence-corrected chi connectivity index (χ4v) is 0.933. The average Bonchev–Trinajstić information content (AvgIpc) is 2.17. The molecule has 0 aliphatic heterocycles.